The van der Waals surface area contributed by atoms with E-state index in [1.165, 1.54) is 49.8 Å². The van der Waals surface area contributed by atoms with Crippen molar-refractivity contribution in [3.8, 4) is 0 Å². The zero-order valence-electron chi connectivity index (χ0n) is 22.0. The van der Waals surface area contributed by atoms with E-state index in [0.717, 1.165) is 43.4 Å². The minimum atomic E-state index is -1.05. The Hall–Kier alpha value is -2.38. The molecule has 7 rings (SSSR count). The van der Waals surface area contributed by atoms with Crippen molar-refractivity contribution >= 4 is 17.7 Å². The first-order valence-corrected chi connectivity index (χ1v) is 14.1. The Kier molecular flexibility index (Phi) is 5.72. The molecule has 0 spiro atoms. The molecule has 2 atom stereocenters. The molecule has 1 aromatic heterocycles. The molecule has 5 aliphatic carbocycles. The molecule has 0 saturated heterocycles. The topological polar surface area (TPSA) is 96.3 Å². The van der Waals surface area contributed by atoms with Crippen molar-refractivity contribution in [3.05, 3.63) is 17.5 Å². The molecular formula is C28H41N5O3. The van der Waals surface area contributed by atoms with Gasteiger partial charge in [0.15, 0.2) is 5.69 Å². The van der Waals surface area contributed by atoms with Gasteiger partial charge < -0.3 is 15.5 Å². The van der Waals surface area contributed by atoms with Crippen LogP contribution in [0.3, 0.4) is 0 Å². The Morgan fingerprint density at radius 1 is 1.06 bits per heavy atom. The number of amides is 3. The molecular weight excluding hydrogens is 454 g/mol. The molecule has 8 nitrogen and oxygen atoms in total. The first kappa shape index (κ1) is 24.0. The standard InChI is InChI=1S/C28H41N5O3/c1-17(28-13-18-9-19(14-28)11-20(10-18)15-28)29-24(34)22-12-23-25(35)32(3)27(2,16-33(23)31-22)26(36)30-21-7-5-4-6-8-21/h12,17-21H,4-11,13-16H2,1-3H3,(H,29,34)(H,30,36)/t17-,18?,19?,20?,27-,28?/m0/s1. The third kappa shape index (κ3) is 3.86. The molecule has 2 heterocycles. The smallest absolute Gasteiger partial charge is 0.272 e. The van der Waals surface area contributed by atoms with Gasteiger partial charge >= 0.3 is 0 Å². The van der Waals surface area contributed by atoms with Gasteiger partial charge in [-0.25, -0.2) is 0 Å². The summed E-state index contributed by atoms with van der Waals surface area (Å²) >= 11 is 0. The number of aromatic nitrogens is 2. The molecule has 0 unspecified atom stereocenters. The highest BCUT2D eigenvalue weighted by atomic mass is 16.2. The number of carbonyl (C=O) groups is 3. The van der Waals surface area contributed by atoms with Crippen LogP contribution in [-0.4, -0.2) is 57.1 Å². The number of hydrogen-bond acceptors (Lipinski definition) is 4. The predicted octanol–water partition coefficient (Wildman–Crippen LogP) is 3.51. The molecule has 5 saturated carbocycles. The Labute approximate surface area is 213 Å². The van der Waals surface area contributed by atoms with E-state index >= 15 is 0 Å². The normalized spacial score (nSPS) is 36.5. The predicted molar refractivity (Wildman–Crippen MR) is 135 cm³/mol. The Balaban J connectivity index is 1.17. The highest BCUT2D eigenvalue weighted by molar-refractivity contribution is 6.01. The van der Waals surface area contributed by atoms with E-state index in [4.69, 9.17) is 0 Å². The summed E-state index contributed by atoms with van der Waals surface area (Å²) in [4.78, 5) is 41.4. The zero-order valence-corrected chi connectivity index (χ0v) is 22.0. The summed E-state index contributed by atoms with van der Waals surface area (Å²) in [5, 5.41) is 11.0. The molecule has 36 heavy (non-hydrogen) atoms. The van der Waals surface area contributed by atoms with Crippen LogP contribution in [0.15, 0.2) is 6.07 Å². The number of fused-ring (bicyclic) bond motifs is 1. The van der Waals surface area contributed by atoms with Crippen molar-refractivity contribution in [1.82, 2.24) is 25.3 Å². The van der Waals surface area contributed by atoms with Crippen LogP contribution in [0.25, 0.3) is 0 Å². The maximum atomic E-state index is 13.3. The molecule has 5 fully saturated rings. The molecule has 8 heteroatoms. The van der Waals surface area contributed by atoms with Crippen LogP contribution in [0.5, 0.6) is 0 Å². The summed E-state index contributed by atoms with van der Waals surface area (Å²) < 4.78 is 1.56. The van der Waals surface area contributed by atoms with E-state index < -0.39 is 5.54 Å². The van der Waals surface area contributed by atoms with E-state index in [9.17, 15) is 14.4 Å². The lowest BCUT2D eigenvalue weighted by atomic mass is 9.48. The Bertz CT molecular complexity index is 1040. The van der Waals surface area contributed by atoms with E-state index in [1.54, 1.807) is 24.7 Å². The first-order valence-electron chi connectivity index (χ1n) is 14.1. The molecule has 2 N–H and O–H groups in total. The fourth-order valence-electron chi connectivity index (χ4n) is 8.56. The van der Waals surface area contributed by atoms with Crippen LogP contribution in [-0.2, 0) is 11.3 Å². The van der Waals surface area contributed by atoms with Crippen LogP contribution >= 0.6 is 0 Å². The lowest BCUT2D eigenvalue weighted by Crippen LogP contribution is -2.63. The van der Waals surface area contributed by atoms with Crippen LogP contribution < -0.4 is 10.6 Å². The van der Waals surface area contributed by atoms with Crippen LogP contribution in [0.2, 0.25) is 0 Å². The minimum absolute atomic E-state index is 0.0852. The number of likely N-dealkylation sites (N-methyl/N-ethyl adjacent to an activating group) is 1. The fourth-order valence-corrected chi connectivity index (χ4v) is 8.56. The highest BCUT2D eigenvalue weighted by Crippen LogP contribution is 2.61. The van der Waals surface area contributed by atoms with Gasteiger partial charge in [0.1, 0.15) is 11.2 Å². The fraction of sp³-hybridized carbons (Fsp3) is 0.786. The van der Waals surface area contributed by atoms with Gasteiger partial charge in [0, 0.05) is 25.2 Å². The Morgan fingerprint density at radius 3 is 2.28 bits per heavy atom. The summed E-state index contributed by atoms with van der Waals surface area (Å²) in [5.74, 6) is 1.82. The molecule has 1 aliphatic heterocycles. The van der Waals surface area contributed by atoms with Gasteiger partial charge in [0.25, 0.3) is 11.8 Å². The summed E-state index contributed by atoms with van der Waals surface area (Å²) in [5.41, 5.74) is -0.211. The molecule has 3 amide bonds. The van der Waals surface area contributed by atoms with Gasteiger partial charge in [-0.3, -0.25) is 19.1 Å². The van der Waals surface area contributed by atoms with Gasteiger partial charge in [-0.05, 0) is 88.4 Å². The number of hydrogen-bond donors (Lipinski definition) is 2. The van der Waals surface area contributed by atoms with E-state index in [1.807, 2.05) is 0 Å². The lowest BCUT2D eigenvalue weighted by Gasteiger charge is -2.59. The summed E-state index contributed by atoms with van der Waals surface area (Å²) in [7, 11) is 1.67. The maximum absolute atomic E-state index is 13.3. The van der Waals surface area contributed by atoms with Gasteiger partial charge in [0.2, 0.25) is 5.91 Å². The molecule has 1 aromatic rings. The second kappa shape index (κ2) is 8.59. The summed E-state index contributed by atoms with van der Waals surface area (Å²) in [6, 6.07) is 1.85. The zero-order chi connectivity index (χ0) is 25.2. The monoisotopic (exact) mass is 495 g/mol. The highest BCUT2D eigenvalue weighted by Gasteiger charge is 2.53. The SMILES string of the molecule is C[C@H](NC(=O)c1cc2n(n1)C[C@@](C)(C(=O)NC1CCCCC1)N(C)C2=O)C12CC3CC(CC(C3)C1)C2. The molecule has 4 bridgehead atoms. The van der Waals surface area contributed by atoms with Gasteiger partial charge in [-0.2, -0.15) is 5.10 Å². The number of nitrogens with one attached hydrogen (secondary N) is 2. The Morgan fingerprint density at radius 2 is 1.67 bits per heavy atom. The maximum Gasteiger partial charge on any atom is 0.272 e. The van der Waals surface area contributed by atoms with Crippen LogP contribution in [0.1, 0.15) is 105 Å². The van der Waals surface area contributed by atoms with E-state index in [0.29, 0.717) is 5.69 Å². The molecule has 0 aromatic carbocycles. The summed E-state index contributed by atoms with van der Waals surface area (Å²) in [6.45, 7) is 4.19. The van der Waals surface area contributed by atoms with Crippen molar-refractivity contribution in [1.29, 1.82) is 0 Å². The molecule has 196 valence electrons. The summed E-state index contributed by atoms with van der Waals surface area (Å²) in [6.07, 6.45) is 13.2. The average Bonchev–Trinajstić information content (AvgIpc) is 3.26. The molecule has 0 radical (unpaired) electrons. The van der Waals surface area contributed by atoms with Crippen molar-refractivity contribution in [2.24, 2.45) is 23.2 Å². The van der Waals surface area contributed by atoms with Crippen molar-refractivity contribution in [2.75, 3.05) is 7.05 Å². The number of carbonyl (C=O) groups excluding carboxylic acids is 3. The quantitative estimate of drug-likeness (QED) is 0.653. The second-order valence-corrected chi connectivity index (χ2v) is 13.0. The lowest BCUT2D eigenvalue weighted by molar-refractivity contribution is -0.133. The van der Waals surface area contributed by atoms with Gasteiger partial charge in [0.05, 0.1) is 6.54 Å². The minimum Gasteiger partial charge on any atom is -0.351 e. The largest absolute Gasteiger partial charge is 0.351 e. The van der Waals surface area contributed by atoms with Gasteiger partial charge in [-0.1, -0.05) is 19.3 Å². The number of nitrogens with zero attached hydrogens (tertiary/aromatic N) is 3. The molecule has 6 aliphatic rings. The van der Waals surface area contributed by atoms with Crippen molar-refractivity contribution < 1.29 is 14.4 Å². The number of rotatable bonds is 5. The first-order chi connectivity index (χ1) is 17.2. The third-order valence-electron chi connectivity index (χ3n) is 10.5. The van der Waals surface area contributed by atoms with Gasteiger partial charge in [-0.15, -0.1) is 0 Å². The van der Waals surface area contributed by atoms with E-state index in [-0.39, 0.29) is 47.5 Å². The third-order valence-corrected chi connectivity index (χ3v) is 10.5. The van der Waals surface area contributed by atoms with Crippen molar-refractivity contribution in [2.45, 2.75) is 109 Å². The van der Waals surface area contributed by atoms with Crippen LogP contribution in [0.4, 0.5) is 0 Å². The van der Waals surface area contributed by atoms with Crippen molar-refractivity contribution in [3.63, 3.8) is 0 Å². The second-order valence-electron chi connectivity index (χ2n) is 13.0. The van der Waals surface area contributed by atoms with Crippen LogP contribution in [0, 0.1) is 23.2 Å². The average molecular weight is 496 g/mol. The van der Waals surface area contributed by atoms with E-state index in [2.05, 4.69) is 22.7 Å².